The number of nitrogens with one attached hydrogen (secondary N) is 2. The van der Waals surface area contributed by atoms with Crippen LogP contribution in [0.4, 0.5) is 10.1 Å². The molecule has 1 amide bonds. The highest BCUT2D eigenvalue weighted by molar-refractivity contribution is 7.99. The Morgan fingerprint density at radius 3 is 2.81 bits per heavy atom. The summed E-state index contributed by atoms with van der Waals surface area (Å²) in [6, 6.07) is 4.68. The van der Waals surface area contributed by atoms with Gasteiger partial charge in [-0.05, 0) is 43.4 Å². The Labute approximate surface area is 131 Å². The molecule has 0 spiro atoms. The van der Waals surface area contributed by atoms with Crippen molar-refractivity contribution in [3.05, 3.63) is 29.6 Å². The van der Waals surface area contributed by atoms with E-state index in [2.05, 4.69) is 17.6 Å². The van der Waals surface area contributed by atoms with Crippen molar-refractivity contribution in [3.8, 4) is 0 Å². The van der Waals surface area contributed by atoms with E-state index >= 15 is 0 Å². The number of carbonyl (C=O) groups is 1. The average Bonchev–Trinajstić information content (AvgIpc) is 2.46. The second-order valence-corrected chi connectivity index (χ2v) is 6.34. The van der Waals surface area contributed by atoms with Crippen LogP contribution in [-0.2, 0) is 0 Å². The molecule has 0 heterocycles. The Hall–Kier alpha value is -1.23. The van der Waals surface area contributed by atoms with E-state index in [1.54, 1.807) is 12.1 Å². The van der Waals surface area contributed by atoms with Gasteiger partial charge in [-0.3, -0.25) is 4.79 Å². The lowest BCUT2D eigenvalue weighted by atomic mass is 10.1. The summed E-state index contributed by atoms with van der Waals surface area (Å²) in [6.07, 6.45) is 1.79. The van der Waals surface area contributed by atoms with Gasteiger partial charge in [-0.1, -0.05) is 19.9 Å². The molecule has 5 heteroatoms. The van der Waals surface area contributed by atoms with Crippen LogP contribution in [0, 0.1) is 5.82 Å². The summed E-state index contributed by atoms with van der Waals surface area (Å²) in [5.41, 5.74) is 0.672. The summed E-state index contributed by atoms with van der Waals surface area (Å²) in [4.78, 5) is 12.3. The van der Waals surface area contributed by atoms with Crippen molar-refractivity contribution in [1.29, 1.82) is 0 Å². The third-order valence-corrected chi connectivity index (χ3v) is 4.02. The molecule has 0 bridgehead atoms. The minimum absolute atomic E-state index is 0.0823. The van der Waals surface area contributed by atoms with E-state index in [1.807, 2.05) is 25.6 Å². The van der Waals surface area contributed by atoms with Crippen LogP contribution < -0.4 is 10.6 Å². The Kier molecular flexibility index (Phi) is 8.20. The van der Waals surface area contributed by atoms with Gasteiger partial charge < -0.3 is 10.6 Å². The quantitative estimate of drug-likeness (QED) is 0.679. The molecule has 0 aliphatic carbocycles. The van der Waals surface area contributed by atoms with Crippen molar-refractivity contribution in [2.45, 2.75) is 39.7 Å². The molecule has 0 saturated carbocycles. The van der Waals surface area contributed by atoms with Gasteiger partial charge in [0.05, 0.1) is 11.3 Å². The second kappa shape index (κ2) is 9.66. The molecule has 3 nitrogen and oxygen atoms in total. The average molecular weight is 312 g/mol. The fourth-order valence-electron chi connectivity index (χ4n) is 1.92. The highest BCUT2D eigenvalue weighted by atomic mass is 32.2. The summed E-state index contributed by atoms with van der Waals surface area (Å²) in [6.45, 7) is 6.74. The molecule has 0 aliphatic heterocycles. The summed E-state index contributed by atoms with van der Waals surface area (Å²) in [5.74, 6) is 1.49. The normalized spacial score (nSPS) is 12.0. The number of hydrogen-bond donors (Lipinski definition) is 2. The number of carbonyl (C=O) groups excluding carboxylic acids is 1. The largest absolute Gasteiger partial charge is 0.382 e. The van der Waals surface area contributed by atoms with Crippen molar-refractivity contribution in [2.75, 3.05) is 23.4 Å². The number of anilines is 1. The number of amides is 1. The van der Waals surface area contributed by atoms with E-state index in [0.717, 1.165) is 24.3 Å². The molecule has 0 aliphatic rings. The van der Waals surface area contributed by atoms with Gasteiger partial charge in [-0.25, -0.2) is 4.39 Å². The Bertz CT molecular complexity index is 454. The van der Waals surface area contributed by atoms with Crippen LogP contribution in [0.5, 0.6) is 0 Å². The number of rotatable bonds is 9. The molecule has 0 fully saturated rings. The Morgan fingerprint density at radius 1 is 1.38 bits per heavy atom. The number of para-hydroxylation sites is 1. The third kappa shape index (κ3) is 5.96. The predicted octanol–water partition coefficient (Wildman–Crippen LogP) is 3.91. The minimum atomic E-state index is -0.384. The number of thioether (sulfide) groups is 1. The van der Waals surface area contributed by atoms with Crippen molar-refractivity contribution in [1.82, 2.24) is 5.32 Å². The fourth-order valence-corrected chi connectivity index (χ4v) is 2.73. The molecule has 1 rings (SSSR count). The maximum Gasteiger partial charge on any atom is 0.253 e. The van der Waals surface area contributed by atoms with Gasteiger partial charge in [0.15, 0.2) is 0 Å². The first kappa shape index (κ1) is 17.8. The van der Waals surface area contributed by atoms with Crippen LogP contribution in [0.2, 0.25) is 0 Å². The van der Waals surface area contributed by atoms with Crippen LogP contribution in [0.15, 0.2) is 18.2 Å². The van der Waals surface area contributed by atoms with E-state index in [4.69, 9.17) is 0 Å². The van der Waals surface area contributed by atoms with Crippen molar-refractivity contribution < 1.29 is 9.18 Å². The van der Waals surface area contributed by atoms with Gasteiger partial charge in [0, 0.05) is 12.6 Å². The molecule has 1 aromatic carbocycles. The Morgan fingerprint density at radius 2 is 2.14 bits per heavy atom. The highest BCUT2D eigenvalue weighted by Crippen LogP contribution is 2.20. The van der Waals surface area contributed by atoms with Crippen molar-refractivity contribution in [3.63, 3.8) is 0 Å². The second-order valence-electron chi connectivity index (χ2n) is 4.95. The standard InChI is InChI=1S/C16H25FN2OS/c1-4-10-18-15-13(7-6-8-14(15)17)16(20)19-12(3)9-11-21-5-2/h6-8,12,18H,4-5,9-11H2,1-3H3,(H,19,20). The van der Waals surface area contributed by atoms with E-state index in [1.165, 1.54) is 6.07 Å². The van der Waals surface area contributed by atoms with Gasteiger partial charge in [-0.15, -0.1) is 0 Å². The summed E-state index contributed by atoms with van der Waals surface area (Å²) < 4.78 is 13.9. The van der Waals surface area contributed by atoms with Gasteiger partial charge in [-0.2, -0.15) is 11.8 Å². The summed E-state index contributed by atoms with van der Waals surface area (Å²) in [5, 5.41) is 5.94. The van der Waals surface area contributed by atoms with Gasteiger partial charge in [0.2, 0.25) is 0 Å². The van der Waals surface area contributed by atoms with E-state index in [0.29, 0.717) is 17.8 Å². The van der Waals surface area contributed by atoms with Crippen LogP contribution in [0.25, 0.3) is 0 Å². The molecule has 21 heavy (non-hydrogen) atoms. The number of halogens is 1. The summed E-state index contributed by atoms with van der Waals surface area (Å²) in [7, 11) is 0. The lowest BCUT2D eigenvalue weighted by molar-refractivity contribution is 0.0940. The maximum atomic E-state index is 13.9. The van der Waals surface area contributed by atoms with Gasteiger partial charge in [0.25, 0.3) is 5.91 Å². The fraction of sp³-hybridized carbons (Fsp3) is 0.562. The molecule has 1 aromatic rings. The molecular formula is C16H25FN2OS. The lowest BCUT2D eigenvalue weighted by Gasteiger charge is -2.16. The summed E-state index contributed by atoms with van der Waals surface area (Å²) >= 11 is 1.85. The molecule has 0 saturated heterocycles. The van der Waals surface area contributed by atoms with Crippen molar-refractivity contribution in [2.24, 2.45) is 0 Å². The SMILES string of the molecule is CCCNc1c(F)cccc1C(=O)NC(C)CCSCC. The molecule has 118 valence electrons. The molecule has 1 unspecified atom stereocenters. The van der Waals surface area contributed by atoms with E-state index in [9.17, 15) is 9.18 Å². The zero-order valence-electron chi connectivity index (χ0n) is 13.0. The van der Waals surface area contributed by atoms with Crippen LogP contribution in [0.3, 0.4) is 0 Å². The number of benzene rings is 1. The minimum Gasteiger partial charge on any atom is -0.382 e. The van der Waals surface area contributed by atoms with Crippen LogP contribution in [-0.4, -0.2) is 30.0 Å². The molecule has 0 radical (unpaired) electrons. The smallest absolute Gasteiger partial charge is 0.253 e. The van der Waals surface area contributed by atoms with Crippen LogP contribution >= 0.6 is 11.8 Å². The van der Waals surface area contributed by atoms with Gasteiger partial charge >= 0.3 is 0 Å². The monoisotopic (exact) mass is 312 g/mol. The van der Waals surface area contributed by atoms with Crippen molar-refractivity contribution >= 4 is 23.4 Å². The molecule has 1 atom stereocenters. The Balaban J connectivity index is 2.70. The topological polar surface area (TPSA) is 41.1 Å². The van der Waals surface area contributed by atoms with E-state index in [-0.39, 0.29) is 17.8 Å². The van der Waals surface area contributed by atoms with Gasteiger partial charge in [0.1, 0.15) is 5.82 Å². The van der Waals surface area contributed by atoms with Crippen LogP contribution in [0.1, 0.15) is 44.0 Å². The number of hydrogen-bond acceptors (Lipinski definition) is 3. The lowest BCUT2D eigenvalue weighted by Crippen LogP contribution is -2.33. The maximum absolute atomic E-state index is 13.9. The first-order valence-corrected chi connectivity index (χ1v) is 8.66. The van der Waals surface area contributed by atoms with E-state index < -0.39 is 0 Å². The molecule has 0 aromatic heterocycles. The zero-order chi connectivity index (χ0) is 15.7. The third-order valence-electron chi connectivity index (χ3n) is 3.09. The first-order chi connectivity index (χ1) is 10.1. The highest BCUT2D eigenvalue weighted by Gasteiger charge is 2.16. The molecular weight excluding hydrogens is 287 g/mol. The zero-order valence-corrected chi connectivity index (χ0v) is 13.9. The predicted molar refractivity (Wildman–Crippen MR) is 89.7 cm³/mol. The molecule has 2 N–H and O–H groups in total. The first-order valence-electron chi connectivity index (χ1n) is 7.51.